The quantitative estimate of drug-likeness (QED) is 0.236. The number of benzene rings is 1. The van der Waals surface area contributed by atoms with Crippen molar-refractivity contribution in [2.45, 2.75) is 13.5 Å². The van der Waals surface area contributed by atoms with E-state index in [0.717, 1.165) is 12.5 Å². The SMILES string of the molecule is C=CCNC(=NCCOCc1ccccc1)NCC.I. The summed E-state index contributed by atoms with van der Waals surface area (Å²) in [6, 6.07) is 10.1. The summed E-state index contributed by atoms with van der Waals surface area (Å²) < 4.78 is 5.57. The number of aliphatic imine (C=N–C) groups is 1. The lowest BCUT2D eigenvalue weighted by atomic mass is 10.2. The highest BCUT2D eigenvalue weighted by atomic mass is 127. The standard InChI is InChI=1S/C15H23N3O.HI/c1-3-10-17-15(16-4-2)18-11-12-19-13-14-8-6-5-7-9-14;/h3,5-9H,1,4,10-13H2,2H3,(H2,16,17,18);1H. The van der Waals surface area contributed by atoms with Crippen LogP contribution in [-0.2, 0) is 11.3 Å². The predicted octanol–water partition coefficient (Wildman–Crippen LogP) is 2.56. The molecule has 0 fully saturated rings. The minimum Gasteiger partial charge on any atom is -0.375 e. The van der Waals surface area contributed by atoms with Gasteiger partial charge >= 0.3 is 0 Å². The molecule has 112 valence electrons. The molecule has 0 heterocycles. The maximum absolute atomic E-state index is 5.57. The zero-order valence-corrected chi connectivity index (χ0v) is 14.3. The van der Waals surface area contributed by atoms with E-state index < -0.39 is 0 Å². The molecule has 2 N–H and O–H groups in total. The van der Waals surface area contributed by atoms with Crippen LogP contribution in [0.5, 0.6) is 0 Å². The summed E-state index contributed by atoms with van der Waals surface area (Å²) >= 11 is 0. The summed E-state index contributed by atoms with van der Waals surface area (Å²) in [5.74, 6) is 0.797. The zero-order chi connectivity index (χ0) is 13.8. The minimum absolute atomic E-state index is 0. The van der Waals surface area contributed by atoms with Gasteiger partial charge in [0, 0.05) is 13.1 Å². The van der Waals surface area contributed by atoms with E-state index in [0.29, 0.717) is 26.3 Å². The van der Waals surface area contributed by atoms with Crippen molar-refractivity contribution in [2.75, 3.05) is 26.2 Å². The number of rotatable bonds is 8. The lowest BCUT2D eigenvalue weighted by molar-refractivity contribution is 0.128. The maximum Gasteiger partial charge on any atom is 0.191 e. The average molecular weight is 389 g/mol. The molecule has 0 aliphatic heterocycles. The van der Waals surface area contributed by atoms with E-state index in [2.05, 4.69) is 34.3 Å². The molecule has 0 aliphatic rings. The molecule has 0 bridgehead atoms. The van der Waals surface area contributed by atoms with Gasteiger partial charge < -0.3 is 15.4 Å². The largest absolute Gasteiger partial charge is 0.375 e. The van der Waals surface area contributed by atoms with Crippen molar-refractivity contribution >= 4 is 29.9 Å². The van der Waals surface area contributed by atoms with Crippen LogP contribution in [0.2, 0.25) is 0 Å². The lowest BCUT2D eigenvalue weighted by Gasteiger charge is -2.09. The molecule has 0 amide bonds. The van der Waals surface area contributed by atoms with Crippen molar-refractivity contribution in [3.05, 3.63) is 48.6 Å². The Kier molecular flexibility index (Phi) is 12.2. The molecular weight excluding hydrogens is 365 g/mol. The fourth-order valence-electron chi connectivity index (χ4n) is 1.50. The Labute approximate surface area is 138 Å². The Morgan fingerprint density at radius 1 is 1.30 bits per heavy atom. The Morgan fingerprint density at radius 3 is 2.70 bits per heavy atom. The topological polar surface area (TPSA) is 45.7 Å². The van der Waals surface area contributed by atoms with Gasteiger partial charge in [-0.25, -0.2) is 0 Å². The van der Waals surface area contributed by atoms with E-state index >= 15 is 0 Å². The third-order valence-electron chi connectivity index (χ3n) is 2.38. The normalized spacial score (nSPS) is 10.6. The van der Waals surface area contributed by atoms with Crippen LogP contribution in [-0.4, -0.2) is 32.2 Å². The highest BCUT2D eigenvalue weighted by molar-refractivity contribution is 14.0. The predicted molar refractivity (Wildman–Crippen MR) is 95.7 cm³/mol. The molecule has 0 atom stereocenters. The number of hydrogen-bond donors (Lipinski definition) is 2. The molecule has 0 aromatic heterocycles. The van der Waals surface area contributed by atoms with E-state index in [1.165, 1.54) is 5.56 Å². The lowest BCUT2D eigenvalue weighted by Crippen LogP contribution is -2.37. The minimum atomic E-state index is 0. The monoisotopic (exact) mass is 389 g/mol. The van der Waals surface area contributed by atoms with Crippen LogP contribution in [0.25, 0.3) is 0 Å². The molecule has 20 heavy (non-hydrogen) atoms. The Bertz CT molecular complexity index is 382. The van der Waals surface area contributed by atoms with Gasteiger partial charge in [0.25, 0.3) is 0 Å². The van der Waals surface area contributed by atoms with Crippen molar-refractivity contribution in [1.82, 2.24) is 10.6 Å². The number of halogens is 1. The van der Waals surface area contributed by atoms with Crippen LogP contribution in [0, 0.1) is 0 Å². The van der Waals surface area contributed by atoms with Crippen LogP contribution in [0.4, 0.5) is 0 Å². The molecular formula is C15H24IN3O. The van der Waals surface area contributed by atoms with E-state index in [1.54, 1.807) is 6.08 Å². The Morgan fingerprint density at radius 2 is 2.05 bits per heavy atom. The summed E-state index contributed by atoms with van der Waals surface area (Å²) in [7, 11) is 0. The first-order valence-electron chi connectivity index (χ1n) is 6.61. The first kappa shape index (κ1) is 18.9. The van der Waals surface area contributed by atoms with E-state index in [4.69, 9.17) is 4.74 Å². The van der Waals surface area contributed by atoms with Gasteiger partial charge in [0.2, 0.25) is 0 Å². The molecule has 0 saturated heterocycles. The number of hydrogen-bond acceptors (Lipinski definition) is 2. The molecule has 1 aromatic rings. The summed E-state index contributed by atoms with van der Waals surface area (Å²) in [5.41, 5.74) is 1.18. The molecule has 1 aromatic carbocycles. The molecule has 0 saturated carbocycles. The third-order valence-corrected chi connectivity index (χ3v) is 2.38. The number of nitrogens with zero attached hydrogens (tertiary/aromatic N) is 1. The van der Waals surface area contributed by atoms with E-state index in [-0.39, 0.29) is 24.0 Å². The van der Waals surface area contributed by atoms with Crippen molar-refractivity contribution < 1.29 is 4.74 Å². The van der Waals surface area contributed by atoms with Gasteiger partial charge in [-0.15, -0.1) is 30.6 Å². The van der Waals surface area contributed by atoms with Gasteiger partial charge in [-0.3, -0.25) is 4.99 Å². The van der Waals surface area contributed by atoms with Gasteiger partial charge in [0.05, 0.1) is 19.8 Å². The van der Waals surface area contributed by atoms with Crippen LogP contribution in [0.15, 0.2) is 48.0 Å². The Balaban J connectivity index is 0.00000361. The zero-order valence-electron chi connectivity index (χ0n) is 12.0. The van der Waals surface area contributed by atoms with Crippen LogP contribution >= 0.6 is 24.0 Å². The maximum atomic E-state index is 5.57. The van der Waals surface area contributed by atoms with Gasteiger partial charge in [-0.1, -0.05) is 36.4 Å². The summed E-state index contributed by atoms with van der Waals surface area (Å²) in [5, 5.41) is 6.31. The average Bonchev–Trinajstić information content (AvgIpc) is 2.45. The molecule has 0 spiro atoms. The van der Waals surface area contributed by atoms with Crippen LogP contribution < -0.4 is 10.6 Å². The van der Waals surface area contributed by atoms with Gasteiger partial charge in [-0.2, -0.15) is 0 Å². The van der Waals surface area contributed by atoms with Crippen LogP contribution in [0.3, 0.4) is 0 Å². The van der Waals surface area contributed by atoms with Crippen molar-refractivity contribution in [3.63, 3.8) is 0 Å². The number of guanidine groups is 1. The first-order valence-corrected chi connectivity index (χ1v) is 6.61. The summed E-state index contributed by atoms with van der Waals surface area (Å²) in [4.78, 5) is 4.40. The second-order valence-corrected chi connectivity index (χ2v) is 3.97. The van der Waals surface area contributed by atoms with Gasteiger partial charge in [-0.05, 0) is 12.5 Å². The molecule has 0 aliphatic carbocycles. The molecule has 1 rings (SSSR count). The van der Waals surface area contributed by atoms with Gasteiger partial charge in [0.15, 0.2) is 5.96 Å². The highest BCUT2D eigenvalue weighted by Crippen LogP contribution is 1.99. The molecule has 4 nitrogen and oxygen atoms in total. The first-order chi connectivity index (χ1) is 9.36. The summed E-state index contributed by atoms with van der Waals surface area (Å²) in [6.45, 7) is 9.13. The summed E-state index contributed by atoms with van der Waals surface area (Å²) in [6.07, 6.45) is 1.80. The fraction of sp³-hybridized carbons (Fsp3) is 0.400. The fourth-order valence-corrected chi connectivity index (χ4v) is 1.50. The van der Waals surface area contributed by atoms with Crippen molar-refractivity contribution in [3.8, 4) is 0 Å². The third kappa shape index (κ3) is 8.92. The second kappa shape index (κ2) is 12.9. The number of nitrogens with one attached hydrogen (secondary N) is 2. The van der Waals surface area contributed by atoms with E-state index in [1.807, 2.05) is 25.1 Å². The van der Waals surface area contributed by atoms with Crippen LogP contribution in [0.1, 0.15) is 12.5 Å². The molecule has 0 radical (unpaired) electrons. The van der Waals surface area contributed by atoms with Crippen molar-refractivity contribution in [2.24, 2.45) is 4.99 Å². The molecule has 5 heteroatoms. The van der Waals surface area contributed by atoms with Gasteiger partial charge in [0.1, 0.15) is 0 Å². The Hall–Kier alpha value is -1.08. The van der Waals surface area contributed by atoms with E-state index in [9.17, 15) is 0 Å². The van der Waals surface area contributed by atoms with Crippen molar-refractivity contribution in [1.29, 1.82) is 0 Å². The smallest absolute Gasteiger partial charge is 0.191 e. The molecule has 0 unspecified atom stereocenters. The highest BCUT2D eigenvalue weighted by Gasteiger charge is 1.95. The second-order valence-electron chi connectivity index (χ2n) is 3.97. The number of ether oxygens (including phenoxy) is 1.